The number of fused-ring (bicyclic) bond motifs is 1. The first-order valence-corrected chi connectivity index (χ1v) is 6.41. The molecule has 1 aliphatic heterocycles. The highest BCUT2D eigenvalue weighted by Gasteiger charge is 2.11. The predicted octanol–water partition coefficient (Wildman–Crippen LogP) is 0.316. The largest absolute Gasteiger partial charge is 0.486 e. The predicted molar refractivity (Wildman–Crippen MR) is 71.3 cm³/mol. The number of ether oxygens (including phenoxy) is 2. The van der Waals surface area contributed by atoms with E-state index < -0.39 is 18.6 Å². The van der Waals surface area contributed by atoms with Crippen molar-refractivity contribution < 1.29 is 29.0 Å². The minimum atomic E-state index is -1.16. The van der Waals surface area contributed by atoms with Crippen molar-refractivity contribution in [1.82, 2.24) is 10.8 Å². The highest BCUT2D eigenvalue weighted by molar-refractivity contribution is 5.73. The van der Waals surface area contributed by atoms with Crippen molar-refractivity contribution in [3.05, 3.63) is 23.8 Å². The van der Waals surface area contributed by atoms with Crippen molar-refractivity contribution in [2.45, 2.75) is 6.42 Å². The number of rotatable bonds is 6. The molecule has 0 radical (unpaired) electrons. The molecule has 8 nitrogen and oxygen atoms in total. The van der Waals surface area contributed by atoms with E-state index in [9.17, 15) is 9.59 Å². The van der Waals surface area contributed by atoms with Crippen LogP contribution in [0.15, 0.2) is 18.2 Å². The summed E-state index contributed by atoms with van der Waals surface area (Å²) >= 11 is 0. The SMILES string of the molecule is O=C(O)CONC(=O)NCCc1ccc2c(c1)OCCO2. The molecular formula is C13H16N2O6. The van der Waals surface area contributed by atoms with Gasteiger partial charge in [-0.05, 0) is 24.1 Å². The first-order chi connectivity index (χ1) is 10.1. The van der Waals surface area contributed by atoms with Gasteiger partial charge in [0.15, 0.2) is 18.1 Å². The summed E-state index contributed by atoms with van der Waals surface area (Å²) in [6.07, 6.45) is 0.600. The van der Waals surface area contributed by atoms with Crippen LogP contribution in [0.1, 0.15) is 5.56 Å². The molecule has 0 atom stereocenters. The monoisotopic (exact) mass is 296 g/mol. The first kappa shape index (κ1) is 14.9. The molecule has 114 valence electrons. The summed E-state index contributed by atoms with van der Waals surface area (Å²) < 4.78 is 10.9. The maximum atomic E-state index is 11.3. The molecule has 1 aliphatic rings. The summed E-state index contributed by atoms with van der Waals surface area (Å²) in [6, 6.07) is 5.01. The second-order valence-electron chi connectivity index (χ2n) is 4.27. The van der Waals surface area contributed by atoms with Gasteiger partial charge >= 0.3 is 12.0 Å². The molecule has 0 saturated heterocycles. The van der Waals surface area contributed by atoms with Crippen LogP contribution < -0.4 is 20.3 Å². The van der Waals surface area contributed by atoms with Crippen LogP contribution in [0.4, 0.5) is 4.79 Å². The van der Waals surface area contributed by atoms with E-state index in [2.05, 4.69) is 10.2 Å². The Hall–Kier alpha value is -2.48. The van der Waals surface area contributed by atoms with Gasteiger partial charge in [-0.1, -0.05) is 6.07 Å². The maximum Gasteiger partial charge on any atom is 0.338 e. The lowest BCUT2D eigenvalue weighted by Crippen LogP contribution is -2.37. The van der Waals surface area contributed by atoms with E-state index >= 15 is 0 Å². The number of aliphatic carboxylic acids is 1. The molecule has 21 heavy (non-hydrogen) atoms. The molecule has 0 aliphatic carbocycles. The zero-order valence-electron chi connectivity index (χ0n) is 11.3. The van der Waals surface area contributed by atoms with E-state index in [1.54, 1.807) is 0 Å². The van der Waals surface area contributed by atoms with Crippen LogP contribution >= 0.6 is 0 Å². The zero-order valence-corrected chi connectivity index (χ0v) is 11.3. The summed E-state index contributed by atoms with van der Waals surface area (Å²) in [5.74, 6) is 0.261. The van der Waals surface area contributed by atoms with Gasteiger partial charge in [0.1, 0.15) is 13.2 Å². The third-order valence-electron chi connectivity index (χ3n) is 2.67. The molecule has 0 spiro atoms. The Labute approximate surface area is 120 Å². The fourth-order valence-electron chi connectivity index (χ4n) is 1.76. The Kier molecular flexibility index (Phi) is 5.22. The molecule has 8 heteroatoms. The Balaban J connectivity index is 1.71. The van der Waals surface area contributed by atoms with Gasteiger partial charge in [-0.2, -0.15) is 0 Å². The van der Waals surface area contributed by atoms with Crippen LogP contribution in [-0.4, -0.2) is 43.5 Å². The average Bonchev–Trinajstić information content (AvgIpc) is 2.47. The Morgan fingerprint density at radius 3 is 2.76 bits per heavy atom. The molecule has 0 bridgehead atoms. The van der Waals surface area contributed by atoms with Crippen molar-refractivity contribution >= 4 is 12.0 Å². The number of hydroxylamine groups is 1. The van der Waals surface area contributed by atoms with Crippen LogP contribution in [0.2, 0.25) is 0 Å². The van der Waals surface area contributed by atoms with E-state index in [-0.39, 0.29) is 0 Å². The van der Waals surface area contributed by atoms with E-state index in [0.717, 1.165) is 11.3 Å². The number of benzene rings is 1. The Morgan fingerprint density at radius 1 is 1.24 bits per heavy atom. The molecule has 0 aromatic heterocycles. The number of amides is 2. The second-order valence-corrected chi connectivity index (χ2v) is 4.27. The Bertz CT molecular complexity index is 519. The Morgan fingerprint density at radius 2 is 2.00 bits per heavy atom. The van der Waals surface area contributed by atoms with Crippen LogP contribution in [0, 0.1) is 0 Å². The van der Waals surface area contributed by atoms with Gasteiger partial charge in [-0.3, -0.25) is 4.84 Å². The van der Waals surface area contributed by atoms with Gasteiger partial charge in [-0.15, -0.1) is 0 Å². The minimum Gasteiger partial charge on any atom is -0.486 e. The summed E-state index contributed by atoms with van der Waals surface area (Å²) in [6.45, 7) is 0.861. The number of carboxylic acids is 1. The van der Waals surface area contributed by atoms with Crippen LogP contribution in [-0.2, 0) is 16.1 Å². The van der Waals surface area contributed by atoms with E-state index in [1.165, 1.54) is 0 Å². The van der Waals surface area contributed by atoms with Crippen LogP contribution in [0.25, 0.3) is 0 Å². The van der Waals surface area contributed by atoms with E-state index in [0.29, 0.717) is 31.9 Å². The number of carbonyl (C=O) groups excluding carboxylic acids is 1. The van der Waals surface area contributed by atoms with Crippen LogP contribution in [0.5, 0.6) is 11.5 Å². The number of carboxylic acid groups (broad SMARTS) is 1. The van der Waals surface area contributed by atoms with Gasteiger partial charge in [0.2, 0.25) is 0 Å². The molecule has 1 heterocycles. The van der Waals surface area contributed by atoms with Gasteiger partial charge < -0.3 is 19.9 Å². The van der Waals surface area contributed by atoms with Gasteiger partial charge in [0, 0.05) is 6.54 Å². The van der Waals surface area contributed by atoms with Gasteiger partial charge in [-0.25, -0.2) is 15.1 Å². The fourth-order valence-corrected chi connectivity index (χ4v) is 1.76. The molecule has 2 amide bonds. The van der Waals surface area contributed by atoms with Crippen molar-refractivity contribution in [3.63, 3.8) is 0 Å². The van der Waals surface area contributed by atoms with Crippen molar-refractivity contribution in [3.8, 4) is 11.5 Å². The lowest BCUT2D eigenvalue weighted by Gasteiger charge is -2.18. The van der Waals surface area contributed by atoms with Crippen molar-refractivity contribution in [2.75, 3.05) is 26.4 Å². The fraction of sp³-hybridized carbons (Fsp3) is 0.385. The first-order valence-electron chi connectivity index (χ1n) is 6.41. The third-order valence-corrected chi connectivity index (χ3v) is 2.67. The highest BCUT2D eigenvalue weighted by atomic mass is 16.7. The number of hydrogen-bond acceptors (Lipinski definition) is 5. The molecule has 0 fully saturated rings. The number of nitrogens with one attached hydrogen (secondary N) is 2. The lowest BCUT2D eigenvalue weighted by molar-refractivity contribution is -0.144. The molecule has 1 aromatic rings. The second kappa shape index (κ2) is 7.34. The summed E-state index contributed by atoms with van der Waals surface area (Å²) in [5.41, 5.74) is 2.97. The molecule has 0 unspecified atom stereocenters. The van der Waals surface area contributed by atoms with Gasteiger partial charge in [0.05, 0.1) is 0 Å². The van der Waals surface area contributed by atoms with E-state index in [4.69, 9.17) is 14.6 Å². The smallest absolute Gasteiger partial charge is 0.338 e. The average molecular weight is 296 g/mol. The van der Waals surface area contributed by atoms with E-state index in [1.807, 2.05) is 23.7 Å². The summed E-state index contributed by atoms with van der Waals surface area (Å²) in [4.78, 5) is 25.9. The molecule has 0 saturated carbocycles. The minimum absolute atomic E-state index is 0.377. The standard InChI is InChI=1S/C13H16N2O6/c16-12(17)8-21-15-13(18)14-4-3-9-1-2-10-11(7-9)20-6-5-19-10/h1-2,7H,3-6,8H2,(H,16,17)(H2,14,15,18). The normalized spacial score (nSPS) is 12.6. The number of urea groups is 1. The van der Waals surface area contributed by atoms with Crippen LogP contribution in [0.3, 0.4) is 0 Å². The number of hydrogen-bond donors (Lipinski definition) is 3. The lowest BCUT2D eigenvalue weighted by atomic mass is 10.1. The maximum absolute atomic E-state index is 11.3. The topological polar surface area (TPSA) is 106 Å². The molecule has 3 N–H and O–H groups in total. The highest BCUT2D eigenvalue weighted by Crippen LogP contribution is 2.30. The molecular weight excluding hydrogens is 280 g/mol. The van der Waals surface area contributed by atoms with Crippen molar-refractivity contribution in [2.24, 2.45) is 0 Å². The summed E-state index contributed by atoms with van der Waals surface area (Å²) in [5, 5.41) is 10.9. The number of carbonyl (C=O) groups is 2. The zero-order chi connectivity index (χ0) is 15.1. The quantitative estimate of drug-likeness (QED) is 0.653. The van der Waals surface area contributed by atoms with Crippen molar-refractivity contribution in [1.29, 1.82) is 0 Å². The van der Waals surface area contributed by atoms with Gasteiger partial charge in [0.25, 0.3) is 0 Å². The summed E-state index contributed by atoms with van der Waals surface area (Å²) in [7, 11) is 0. The molecule has 1 aromatic carbocycles. The third kappa shape index (κ3) is 4.84. The molecule has 2 rings (SSSR count).